The first-order valence-corrected chi connectivity index (χ1v) is 12.8. The Hall–Kier alpha value is -2.69. The summed E-state index contributed by atoms with van der Waals surface area (Å²) in [5.41, 5.74) is 2.52. The van der Waals surface area contributed by atoms with E-state index in [9.17, 15) is 4.79 Å². The van der Waals surface area contributed by atoms with Crippen molar-refractivity contribution in [1.29, 1.82) is 0 Å². The lowest BCUT2D eigenvalue weighted by Gasteiger charge is -2.20. The highest BCUT2D eigenvalue weighted by Crippen LogP contribution is 2.27. The van der Waals surface area contributed by atoms with Crippen molar-refractivity contribution >= 4 is 37.6 Å². The van der Waals surface area contributed by atoms with E-state index < -0.39 is 8.32 Å². The van der Waals surface area contributed by atoms with Gasteiger partial charge in [-0.05, 0) is 50.0 Å². The topological polar surface area (TPSA) is 38.7 Å². The molecule has 142 valence electrons. The molecule has 28 heavy (non-hydrogen) atoms. The molecule has 0 bridgehead atoms. The van der Waals surface area contributed by atoms with Gasteiger partial charge < -0.3 is 4.43 Å². The zero-order valence-corrected chi connectivity index (χ0v) is 17.9. The number of aliphatic imine (C=N–C) groups is 1. The van der Waals surface area contributed by atoms with Crippen LogP contribution in [0.2, 0.25) is 24.7 Å². The monoisotopic (exact) mass is 407 g/mol. The van der Waals surface area contributed by atoms with Crippen LogP contribution >= 0.6 is 11.6 Å². The Morgan fingerprint density at radius 3 is 2.36 bits per heavy atom. The van der Waals surface area contributed by atoms with Gasteiger partial charge >= 0.3 is 0 Å². The standard InChI is InChI=1S/C23H22ClNO2Si/c1-28(2,3)27-22-12-8-7-11-18(22)16-25-21-14-13-19(24)15-20(21)23(26)17-9-5-4-6-10-17/h4-16H,1-3H3. The first-order chi connectivity index (χ1) is 13.3. The highest BCUT2D eigenvalue weighted by atomic mass is 35.5. The van der Waals surface area contributed by atoms with Crippen LogP contribution in [0.15, 0.2) is 77.8 Å². The molecule has 0 aliphatic rings. The average Bonchev–Trinajstić information content (AvgIpc) is 2.67. The summed E-state index contributed by atoms with van der Waals surface area (Å²) >= 11 is 6.14. The first kappa shape index (κ1) is 20.1. The van der Waals surface area contributed by atoms with Crippen LogP contribution in [-0.4, -0.2) is 20.3 Å². The fraction of sp³-hybridized carbons (Fsp3) is 0.130. The summed E-state index contributed by atoms with van der Waals surface area (Å²) in [6.45, 7) is 6.41. The first-order valence-electron chi connectivity index (χ1n) is 9.05. The summed E-state index contributed by atoms with van der Waals surface area (Å²) in [7, 11) is -1.75. The maximum Gasteiger partial charge on any atom is 0.242 e. The number of halogens is 1. The maximum atomic E-state index is 12.9. The number of hydrogen-bond acceptors (Lipinski definition) is 3. The van der Waals surface area contributed by atoms with Crippen LogP contribution in [0.1, 0.15) is 21.5 Å². The minimum atomic E-state index is -1.75. The smallest absolute Gasteiger partial charge is 0.242 e. The van der Waals surface area contributed by atoms with E-state index in [1.54, 1.807) is 36.5 Å². The normalized spacial score (nSPS) is 11.6. The van der Waals surface area contributed by atoms with E-state index in [1.807, 2.05) is 42.5 Å². The lowest BCUT2D eigenvalue weighted by Crippen LogP contribution is -2.29. The Morgan fingerprint density at radius 1 is 0.964 bits per heavy atom. The van der Waals surface area contributed by atoms with Gasteiger partial charge in [-0.15, -0.1) is 0 Å². The van der Waals surface area contributed by atoms with Crippen molar-refractivity contribution in [1.82, 2.24) is 0 Å². The lowest BCUT2D eigenvalue weighted by molar-refractivity contribution is 0.103. The molecule has 0 amide bonds. The molecule has 3 nitrogen and oxygen atoms in total. The molecule has 0 saturated heterocycles. The molecule has 0 saturated carbocycles. The van der Waals surface area contributed by atoms with Crippen LogP contribution in [0.25, 0.3) is 0 Å². The van der Waals surface area contributed by atoms with Crippen LogP contribution in [0.4, 0.5) is 5.69 Å². The molecule has 0 N–H and O–H groups in total. The quantitative estimate of drug-likeness (QED) is 0.264. The fourth-order valence-corrected chi connectivity index (χ4v) is 3.71. The average molecular weight is 408 g/mol. The van der Waals surface area contributed by atoms with Gasteiger partial charge in [0.15, 0.2) is 5.78 Å². The molecule has 0 spiro atoms. The van der Waals surface area contributed by atoms with Gasteiger partial charge in [-0.3, -0.25) is 9.79 Å². The molecule has 3 aromatic rings. The Bertz CT molecular complexity index is 1010. The lowest BCUT2D eigenvalue weighted by atomic mass is 10.0. The molecule has 0 unspecified atom stereocenters. The second kappa shape index (κ2) is 8.55. The number of rotatable bonds is 6. The Balaban J connectivity index is 1.97. The van der Waals surface area contributed by atoms with E-state index in [0.29, 0.717) is 21.8 Å². The van der Waals surface area contributed by atoms with Crippen LogP contribution < -0.4 is 4.43 Å². The summed E-state index contributed by atoms with van der Waals surface area (Å²) in [4.78, 5) is 17.5. The molecule has 3 rings (SSSR count). The Kier molecular flexibility index (Phi) is 6.12. The van der Waals surface area contributed by atoms with Gasteiger partial charge in [0, 0.05) is 27.9 Å². The van der Waals surface area contributed by atoms with E-state index in [0.717, 1.165) is 11.3 Å². The van der Waals surface area contributed by atoms with Crippen molar-refractivity contribution < 1.29 is 9.22 Å². The number of para-hydroxylation sites is 1. The number of ketones is 1. The molecular formula is C23H22ClNO2Si. The van der Waals surface area contributed by atoms with Gasteiger partial charge in [-0.25, -0.2) is 0 Å². The predicted octanol–water partition coefficient (Wildman–Crippen LogP) is 6.54. The minimum Gasteiger partial charge on any atom is -0.544 e. The van der Waals surface area contributed by atoms with E-state index in [2.05, 4.69) is 24.6 Å². The molecular weight excluding hydrogens is 386 g/mol. The van der Waals surface area contributed by atoms with Gasteiger partial charge in [0.1, 0.15) is 5.75 Å². The van der Waals surface area contributed by atoms with Crippen LogP contribution in [0.5, 0.6) is 5.75 Å². The third-order valence-electron chi connectivity index (χ3n) is 3.92. The van der Waals surface area contributed by atoms with Gasteiger partial charge in [-0.1, -0.05) is 54.1 Å². The van der Waals surface area contributed by atoms with Gasteiger partial charge in [-0.2, -0.15) is 0 Å². The summed E-state index contributed by atoms with van der Waals surface area (Å²) in [5.74, 6) is 0.692. The zero-order chi connectivity index (χ0) is 20.1. The largest absolute Gasteiger partial charge is 0.544 e. The van der Waals surface area contributed by atoms with Crippen molar-refractivity contribution in [2.45, 2.75) is 19.6 Å². The fourth-order valence-electron chi connectivity index (χ4n) is 2.70. The Morgan fingerprint density at radius 2 is 1.64 bits per heavy atom. The SMILES string of the molecule is C[Si](C)(C)Oc1ccccc1C=Nc1ccc(Cl)cc1C(=O)c1ccccc1. The summed E-state index contributed by atoms with van der Waals surface area (Å²) < 4.78 is 6.15. The molecule has 0 radical (unpaired) electrons. The van der Waals surface area contributed by atoms with E-state index in [-0.39, 0.29) is 5.78 Å². The van der Waals surface area contributed by atoms with Crippen LogP contribution in [-0.2, 0) is 0 Å². The summed E-state index contributed by atoms with van der Waals surface area (Å²) in [6.07, 6.45) is 1.74. The molecule has 5 heteroatoms. The molecule has 0 fully saturated rings. The number of benzene rings is 3. The number of carbonyl (C=O) groups excluding carboxylic acids is 1. The third-order valence-corrected chi connectivity index (χ3v) is 4.98. The number of carbonyl (C=O) groups is 1. The summed E-state index contributed by atoms with van der Waals surface area (Å²) in [5, 5.41) is 0.501. The van der Waals surface area contributed by atoms with Crippen LogP contribution in [0, 0.1) is 0 Å². The van der Waals surface area contributed by atoms with Crippen molar-refractivity contribution in [3.8, 4) is 5.75 Å². The summed E-state index contributed by atoms with van der Waals surface area (Å²) in [6, 6.07) is 22.1. The van der Waals surface area contributed by atoms with Gasteiger partial charge in [0.05, 0.1) is 5.69 Å². The molecule has 3 aromatic carbocycles. The molecule has 0 aliphatic carbocycles. The van der Waals surface area contributed by atoms with Gasteiger partial charge in [0.2, 0.25) is 8.32 Å². The maximum absolute atomic E-state index is 12.9. The highest BCUT2D eigenvalue weighted by molar-refractivity contribution is 6.70. The Labute approximate surface area is 171 Å². The van der Waals surface area contributed by atoms with Crippen molar-refractivity contribution in [2.75, 3.05) is 0 Å². The minimum absolute atomic E-state index is 0.109. The number of nitrogens with zero attached hydrogens (tertiary/aromatic N) is 1. The van der Waals surface area contributed by atoms with E-state index >= 15 is 0 Å². The third kappa shape index (κ3) is 5.18. The van der Waals surface area contributed by atoms with Crippen molar-refractivity contribution in [2.24, 2.45) is 4.99 Å². The van der Waals surface area contributed by atoms with Crippen LogP contribution in [0.3, 0.4) is 0 Å². The van der Waals surface area contributed by atoms with Crippen molar-refractivity contribution in [3.05, 3.63) is 94.5 Å². The van der Waals surface area contributed by atoms with Gasteiger partial charge in [0.25, 0.3) is 0 Å². The molecule has 0 aromatic heterocycles. The van der Waals surface area contributed by atoms with E-state index in [1.165, 1.54) is 0 Å². The zero-order valence-electron chi connectivity index (χ0n) is 16.1. The van der Waals surface area contributed by atoms with Crippen molar-refractivity contribution in [3.63, 3.8) is 0 Å². The van der Waals surface area contributed by atoms with E-state index in [4.69, 9.17) is 16.0 Å². The second-order valence-corrected chi connectivity index (χ2v) is 12.2. The second-order valence-electron chi connectivity index (χ2n) is 7.37. The predicted molar refractivity (Wildman–Crippen MR) is 119 cm³/mol. The number of hydrogen-bond donors (Lipinski definition) is 0. The molecule has 0 aliphatic heterocycles. The molecule has 0 atom stereocenters. The highest BCUT2D eigenvalue weighted by Gasteiger charge is 2.18. The molecule has 0 heterocycles.